The Bertz CT molecular complexity index is 190. The summed E-state index contributed by atoms with van der Waals surface area (Å²) >= 11 is 0. The highest BCUT2D eigenvalue weighted by Crippen LogP contribution is 1.98. The van der Waals surface area contributed by atoms with E-state index in [1.165, 1.54) is 52.4 Å². The fourth-order valence-electron chi connectivity index (χ4n) is 1.99. The first kappa shape index (κ1) is 14.9. The summed E-state index contributed by atoms with van der Waals surface area (Å²) in [5.74, 6) is 0. The minimum atomic E-state index is 1.15. The van der Waals surface area contributed by atoms with Crippen molar-refractivity contribution >= 4 is 0 Å². The molecule has 0 bridgehead atoms. The van der Waals surface area contributed by atoms with E-state index in [1.807, 2.05) is 0 Å². The smallest absolute Gasteiger partial charge is 0.0110 e. The van der Waals surface area contributed by atoms with Crippen molar-refractivity contribution in [2.24, 2.45) is 0 Å². The van der Waals surface area contributed by atoms with Crippen LogP contribution in [0.4, 0.5) is 0 Å². The van der Waals surface area contributed by atoms with Gasteiger partial charge in [-0.05, 0) is 27.7 Å². The van der Waals surface area contributed by atoms with Gasteiger partial charge in [0.2, 0.25) is 0 Å². The second kappa shape index (κ2) is 8.03. The van der Waals surface area contributed by atoms with E-state index in [4.69, 9.17) is 0 Å². The van der Waals surface area contributed by atoms with E-state index in [1.54, 1.807) is 0 Å². The van der Waals surface area contributed by atoms with E-state index < -0.39 is 0 Å². The van der Waals surface area contributed by atoms with Crippen molar-refractivity contribution < 1.29 is 0 Å². The van der Waals surface area contributed by atoms with Crippen LogP contribution in [0.3, 0.4) is 0 Å². The lowest BCUT2D eigenvalue weighted by Gasteiger charge is -2.33. The Hall–Kier alpha value is -0.160. The highest BCUT2D eigenvalue weighted by Gasteiger charge is 2.13. The Morgan fingerprint density at radius 2 is 1.47 bits per heavy atom. The van der Waals surface area contributed by atoms with Crippen LogP contribution in [0.5, 0.6) is 0 Å². The fourth-order valence-corrected chi connectivity index (χ4v) is 1.99. The molecule has 1 aliphatic heterocycles. The van der Waals surface area contributed by atoms with Gasteiger partial charge < -0.3 is 14.7 Å². The second-order valence-corrected chi connectivity index (χ2v) is 5.34. The van der Waals surface area contributed by atoms with E-state index in [0.29, 0.717) is 0 Å². The first-order chi connectivity index (χ1) is 8.11. The van der Waals surface area contributed by atoms with Gasteiger partial charge in [0.1, 0.15) is 0 Å². The van der Waals surface area contributed by atoms with Crippen LogP contribution in [0, 0.1) is 0 Å². The molecule has 0 unspecified atom stereocenters. The van der Waals surface area contributed by atoms with Gasteiger partial charge in [-0.1, -0.05) is 6.92 Å². The number of hydrogen-bond acceptors (Lipinski definition) is 4. The normalized spacial score (nSPS) is 19.4. The standard InChI is InChI=1S/C13H30N4/c1-5-14(2)6-7-15(3)8-11-17-12-9-16(4)10-13-17/h5-13H2,1-4H3. The van der Waals surface area contributed by atoms with Crippen LogP contribution in [0.15, 0.2) is 0 Å². The van der Waals surface area contributed by atoms with Crippen molar-refractivity contribution in [3.05, 3.63) is 0 Å². The lowest BCUT2D eigenvalue weighted by molar-refractivity contribution is 0.138. The molecule has 0 N–H and O–H groups in total. The maximum Gasteiger partial charge on any atom is 0.0110 e. The van der Waals surface area contributed by atoms with Gasteiger partial charge in [-0.2, -0.15) is 0 Å². The Labute approximate surface area is 107 Å². The molecule has 0 spiro atoms. The first-order valence-corrected chi connectivity index (χ1v) is 6.89. The summed E-state index contributed by atoms with van der Waals surface area (Å²) in [6.07, 6.45) is 0. The van der Waals surface area contributed by atoms with Gasteiger partial charge in [0.25, 0.3) is 0 Å². The third kappa shape index (κ3) is 6.36. The summed E-state index contributed by atoms with van der Waals surface area (Å²) in [5.41, 5.74) is 0. The molecule has 0 aromatic rings. The third-order valence-electron chi connectivity index (χ3n) is 3.80. The summed E-state index contributed by atoms with van der Waals surface area (Å²) in [4.78, 5) is 9.81. The fraction of sp³-hybridized carbons (Fsp3) is 1.00. The molecule has 0 saturated carbocycles. The van der Waals surface area contributed by atoms with Crippen molar-refractivity contribution in [2.45, 2.75) is 6.92 Å². The van der Waals surface area contributed by atoms with Crippen molar-refractivity contribution in [1.29, 1.82) is 0 Å². The van der Waals surface area contributed by atoms with Crippen molar-refractivity contribution in [2.75, 3.05) is 80.0 Å². The SMILES string of the molecule is CCN(C)CCN(C)CCN1CCN(C)CC1. The van der Waals surface area contributed by atoms with Gasteiger partial charge in [0.05, 0.1) is 0 Å². The molecule has 0 aliphatic carbocycles. The summed E-state index contributed by atoms with van der Waals surface area (Å²) in [6, 6.07) is 0. The molecule has 4 nitrogen and oxygen atoms in total. The highest BCUT2D eigenvalue weighted by atomic mass is 15.3. The van der Waals surface area contributed by atoms with Gasteiger partial charge >= 0.3 is 0 Å². The molecular formula is C13H30N4. The first-order valence-electron chi connectivity index (χ1n) is 6.89. The summed E-state index contributed by atoms with van der Waals surface area (Å²) in [5, 5.41) is 0. The molecule has 0 radical (unpaired) electrons. The summed E-state index contributed by atoms with van der Waals surface area (Å²) in [6.45, 7) is 13.1. The molecule has 0 aromatic heterocycles. The molecule has 1 aliphatic rings. The van der Waals surface area contributed by atoms with Gasteiger partial charge in [-0.25, -0.2) is 0 Å². The van der Waals surface area contributed by atoms with Crippen molar-refractivity contribution in [3.63, 3.8) is 0 Å². The Kier molecular flexibility index (Phi) is 7.04. The van der Waals surface area contributed by atoms with Gasteiger partial charge in [0.15, 0.2) is 0 Å². The zero-order valence-corrected chi connectivity index (χ0v) is 12.2. The monoisotopic (exact) mass is 242 g/mol. The van der Waals surface area contributed by atoms with Crippen LogP contribution in [0.25, 0.3) is 0 Å². The lowest BCUT2D eigenvalue weighted by Crippen LogP contribution is -2.47. The van der Waals surface area contributed by atoms with Gasteiger partial charge in [-0.3, -0.25) is 4.90 Å². The molecule has 1 saturated heterocycles. The van der Waals surface area contributed by atoms with E-state index >= 15 is 0 Å². The minimum Gasteiger partial charge on any atom is -0.305 e. The summed E-state index contributed by atoms with van der Waals surface area (Å²) in [7, 11) is 6.64. The molecule has 0 atom stereocenters. The second-order valence-electron chi connectivity index (χ2n) is 5.34. The Morgan fingerprint density at radius 3 is 2.06 bits per heavy atom. The van der Waals surface area contributed by atoms with Crippen LogP contribution in [-0.2, 0) is 0 Å². The van der Waals surface area contributed by atoms with Crippen molar-refractivity contribution in [1.82, 2.24) is 19.6 Å². The number of hydrogen-bond donors (Lipinski definition) is 0. The molecule has 1 heterocycles. The molecular weight excluding hydrogens is 212 g/mol. The quantitative estimate of drug-likeness (QED) is 0.628. The van der Waals surface area contributed by atoms with Crippen LogP contribution < -0.4 is 0 Å². The van der Waals surface area contributed by atoms with Crippen molar-refractivity contribution in [3.8, 4) is 0 Å². The van der Waals surface area contributed by atoms with Crippen LogP contribution in [0.2, 0.25) is 0 Å². The van der Waals surface area contributed by atoms with Crippen LogP contribution in [-0.4, -0.2) is 99.6 Å². The molecule has 1 fully saturated rings. The Balaban J connectivity index is 2.05. The average Bonchev–Trinajstić information content (AvgIpc) is 2.35. The number of nitrogens with zero attached hydrogens (tertiary/aromatic N) is 4. The number of piperazine rings is 1. The maximum atomic E-state index is 2.58. The maximum absolute atomic E-state index is 2.58. The molecule has 1 rings (SSSR count). The van der Waals surface area contributed by atoms with E-state index in [-0.39, 0.29) is 0 Å². The van der Waals surface area contributed by atoms with Gasteiger partial charge in [-0.15, -0.1) is 0 Å². The molecule has 0 aromatic carbocycles. The third-order valence-corrected chi connectivity index (χ3v) is 3.80. The van der Waals surface area contributed by atoms with Crippen LogP contribution >= 0.6 is 0 Å². The van der Waals surface area contributed by atoms with E-state index in [0.717, 1.165) is 6.54 Å². The predicted molar refractivity (Wildman–Crippen MR) is 74.6 cm³/mol. The molecule has 4 heteroatoms. The average molecular weight is 242 g/mol. The molecule has 0 amide bonds. The Morgan fingerprint density at radius 1 is 0.882 bits per heavy atom. The zero-order valence-electron chi connectivity index (χ0n) is 12.2. The summed E-state index contributed by atoms with van der Waals surface area (Å²) < 4.78 is 0. The molecule has 102 valence electrons. The van der Waals surface area contributed by atoms with E-state index in [2.05, 4.69) is 47.7 Å². The largest absolute Gasteiger partial charge is 0.305 e. The zero-order chi connectivity index (χ0) is 12.7. The van der Waals surface area contributed by atoms with Crippen LogP contribution in [0.1, 0.15) is 6.92 Å². The topological polar surface area (TPSA) is 13.0 Å². The predicted octanol–water partition coefficient (Wildman–Crippen LogP) is 0.117. The molecule has 17 heavy (non-hydrogen) atoms. The van der Waals surface area contributed by atoms with Gasteiger partial charge in [0, 0.05) is 52.4 Å². The van der Waals surface area contributed by atoms with E-state index in [9.17, 15) is 0 Å². The number of rotatable bonds is 7. The minimum absolute atomic E-state index is 1.15. The highest BCUT2D eigenvalue weighted by molar-refractivity contribution is 4.70. The lowest BCUT2D eigenvalue weighted by atomic mass is 10.3. The number of likely N-dealkylation sites (N-methyl/N-ethyl adjacent to an activating group) is 3.